The lowest BCUT2D eigenvalue weighted by Gasteiger charge is -2.14. The predicted octanol–water partition coefficient (Wildman–Crippen LogP) is 1.86. The lowest BCUT2D eigenvalue weighted by Crippen LogP contribution is -2.40. The van der Waals surface area contributed by atoms with Gasteiger partial charge in [0.2, 0.25) is 11.8 Å². The van der Waals surface area contributed by atoms with Crippen LogP contribution in [-0.2, 0) is 16.0 Å². The van der Waals surface area contributed by atoms with Gasteiger partial charge >= 0.3 is 0 Å². The van der Waals surface area contributed by atoms with Crippen LogP contribution in [0, 0.1) is 0 Å². The van der Waals surface area contributed by atoms with Gasteiger partial charge in [0.15, 0.2) is 0 Å². The second-order valence-electron chi connectivity index (χ2n) is 5.60. The Balaban J connectivity index is 1.63. The highest BCUT2D eigenvalue weighted by molar-refractivity contribution is 6.42. The molecule has 5 nitrogen and oxygen atoms in total. The van der Waals surface area contributed by atoms with Gasteiger partial charge in [0.1, 0.15) is 0 Å². The van der Waals surface area contributed by atoms with Crippen molar-refractivity contribution in [2.75, 3.05) is 32.7 Å². The fourth-order valence-electron chi connectivity index (χ4n) is 2.50. The minimum Gasteiger partial charge on any atom is -0.353 e. The molecule has 1 aromatic rings. The van der Waals surface area contributed by atoms with Crippen molar-refractivity contribution in [2.45, 2.75) is 19.3 Å². The number of hydrogen-bond donors (Lipinski definition) is 2. The number of likely N-dealkylation sites (tertiary alicyclic amines) is 1. The Hall–Kier alpha value is -1.30. The number of amides is 2. The van der Waals surface area contributed by atoms with Crippen molar-refractivity contribution in [3.63, 3.8) is 0 Å². The fourth-order valence-corrected chi connectivity index (χ4v) is 2.82. The fraction of sp³-hybridized carbons (Fsp3) is 0.500. The van der Waals surface area contributed by atoms with Crippen molar-refractivity contribution in [3.05, 3.63) is 33.8 Å². The number of carbonyl (C=O) groups is 2. The van der Waals surface area contributed by atoms with Crippen LogP contribution >= 0.6 is 23.2 Å². The van der Waals surface area contributed by atoms with E-state index in [9.17, 15) is 9.59 Å². The Morgan fingerprint density at radius 1 is 1.04 bits per heavy atom. The molecule has 0 aliphatic carbocycles. The van der Waals surface area contributed by atoms with E-state index in [4.69, 9.17) is 23.2 Å². The van der Waals surface area contributed by atoms with Crippen molar-refractivity contribution in [2.24, 2.45) is 0 Å². The summed E-state index contributed by atoms with van der Waals surface area (Å²) >= 11 is 11.7. The van der Waals surface area contributed by atoms with Crippen LogP contribution < -0.4 is 10.6 Å². The molecule has 1 saturated heterocycles. The number of nitrogens with one attached hydrogen (secondary N) is 2. The van der Waals surface area contributed by atoms with Crippen molar-refractivity contribution >= 4 is 35.0 Å². The molecule has 0 bridgehead atoms. The van der Waals surface area contributed by atoms with Gasteiger partial charge in [0.05, 0.1) is 23.0 Å². The first kappa shape index (κ1) is 18.0. The molecule has 1 aliphatic rings. The molecule has 2 rings (SSSR count). The van der Waals surface area contributed by atoms with Crippen LogP contribution in [0.1, 0.15) is 18.4 Å². The first-order valence-electron chi connectivity index (χ1n) is 7.74. The maximum Gasteiger partial charge on any atom is 0.239 e. The van der Waals surface area contributed by atoms with E-state index < -0.39 is 0 Å². The molecule has 0 atom stereocenters. The molecule has 0 spiro atoms. The highest BCUT2D eigenvalue weighted by atomic mass is 35.5. The molecule has 23 heavy (non-hydrogen) atoms. The third-order valence-corrected chi connectivity index (χ3v) is 4.48. The van der Waals surface area contributed by atoms with Gasteiger partial charge in [-0.2, -0.15) is 0 Å². The number of benzene rings is 1. The first-order valence-corrected chi connectivity index (χ1v) is 8.50. The average molecular weight is 358 g/mol. The van der Waals surface area contributed by atoms with Gasteiger partial charge in [-0.25, -0.2) is 0 Å². The van der Waals surface area contributed by atoms with E-state index in [0.29, 0.717) is 16.6 Å². The summed E-state index contributed by atoms with van der Waals surface area (Å²) in [6, 6.07) is 5.04. The molecule has 1 aliphatic heterocycles. The summed E-state index contributed by atoms with van der Waals surface area (Å²) in [6.45, 7) is 3.68. The lowest BCUT2D eigenvalue weighted by atomic mass is 10.1. The van der Waals surface area contributed by atoms with E-state index in [1.165, 1.54) is 12.8 Å². The largest absolute Gasteiger partial charge is 0.353 e. The van der Waals surface area contributed by atoms with Crippen LogP contribution in [0.5, 0.6) is 0 Å². The molecule has 0 unspecified atom stereocenters. The molecule has 1 fully saturated rings. The summed E-state index contributed by atoms with van der Waals surface area (Å²) < 4.78 is 0. The molecule has 7 heteroatoms. The molecular weight excluding hydrogens is 337 g/mol. The van der Waals surface area contributed by atoms with Crippen LogP contribution in [0.3, 0.4) is 0 Å². The summed E-state index contributed by atoms with van der Waals surface area (Å²) in [6.07, 6.45) is 2.63. The first-order chi connectivity index (χ1) is 11.0. The third kappa shape index (κ3) is 6.37. The smallest absolute Gasteiger partial charge is 0.239 e. The molecule has 0 saturated carbocycles. The van der Waals surface area contributed by atoms with Crippen LogP contribution in [0.4, 0.5) is 0 Å². The van der Waals surface area contributed by atoms with Gasteiger partial charge < -0.3 is 15.5 Å². The van der Waals surface area contributed by atoms with E-state index in [0.717, 1.165) is 25.2 Å². The van der Waals surface area contributed by atoms with Crippen molar-refractivity contribution in [3.8, 4) is 0 Å². The number of carbonyl (C=O) groups excluding carboxylic acids is 2. The monoisotopic (exact) mass is 357 g/mol. The minimum absolute atomic E-state index is 0.0137. The second kappa shape index (κ2) is 9.11. The minimum atomic E-state index is -0.224. The van der Waals surface area contributed by atoms with Crippen LogP contribution in [0.25, 0.3) is 0 Å². The third-order valence-electron chi connectivity index (χ3n) is 3.74. The van der Waals surface area contributed by atoms with E-state index in [1.807, 2.05) is 0 Å². The summed E-state index contributed by atoms with van der Waals surface area (Å²) in [4.78, 5) is 25.8. The molecule has 126 valence electrons. The Morgan fingerprint density at radius 2 is 1.78 bits per heavy atom. The topological polar surface area (TPSA) is 61.4 Å². The highest BCUT2D eigenvalue weighted by Crippen LogP contribution is 2.22. The zero-order valence-electron chi connectivity index (χ0n) is 12.9. The van der Waals surface area contributed by atoms with Crippen LogP contribution in [0.2, 0.25) is 10.0 Å². The van der Waals surface area contributed by atoms with Gasteiger partial charge in [0, 0.05) is 13.1 Å². The van der Waals surface area contributed by atoms with Gasteiger partial charge in [-0.05, 0) is 43.6 Å². The van der Waals surface area contributed by atoms with Gasteiger partial charge in [-0.15, -0.1) is 0 Å². The number of hydrogen-bond acceptors (Lipinski definition) is 3. The van der Waals surface area contributed by atoms with Gasteiger partial charge in [-0.3, -0.25) is 9.59 Å². The maximum absolute atomic E-state index is 11.8. The molecule has 1 aromatic carbocycles. The SMILES string of the molecule is O=C(CNC(=O)Cc1ccc(Cl)c(Cl)c1)NCCN1CCCC1. The lowest BCUT2D eigenvalue weighted by molar-refractivity contribution is -0.125. The summed E-state index contributed by atoms with van der Waals surface area (Å²) in [7, 11) is 0. The van der Waals surface area contributed by atoms with Crippen molar-refractivity contribution in [1.29, 1.82) is 0 Å². The normalized spacial score (nSPS) is 14.7. The molecule has 0 radical (unpaired) electrons. The predicted molar refractivity (Wildman–Crippen MR) is 91.9 cm³/mol. The second-order valence-corrected chi connectivity index (χ2v) is 6.42. The molecule has 2 N–H and O–H groups in total. The quantitative estimate of drug-likeness (QED) is 0.782. The van der Waals surface area contributed by atoms with E-state index in [2.05, 4.69) is 15.5 Å². The standard InChI is InChI=1S/C16H21Cl2N3O2/c17-13-4-3-12(9-14(13)18)10-15(22)20-11-16(23)19-5-8-21-6-1-2-7-21/h3-4,9H,1-2,5-8,10-11H2,(H,19,23)(H,20,22). The Labute approximate surface area is 146 Å². The molecular formula is C16H21Cl2N3O2. The summed E-state index contributed by atoms with van der Waals surface area (Å²) in [5.41, 5.74) is 0.756. The van der Waals surface area contributed by atoms with Gasteiger partial charge in [-0.1, -0.05) is 29.3 Å². The average Bonchev–Trinajstić information content (AvgIpc) is 3.02. The Morgan fingerprint density at radius 3 is 2.48 bits per heavy atom. The van der Waals surface area contributed by atoms with Gasteiger partial charge in [0.25, 0.3) is 0 Å². The van der Waals surface area contributed by atoms with Crippen molar-refractivity contribution in [1.82, 2.24) is 15.5 Å². The van der Waals surface area contributed by atoms with E-state index in [1.54, 1.807) is 18.2 Å². The molecule has 2 amide bonds. The van der Waals surface area contributed by atoms with Crippen LogP contribution in [0.15, 0.2) is 18.2 Å². The number of halogens is 2. The van der Waals surface area contributed by atoms with E-state index in [-0.39, 0.29) is 24.8 Å². The van der Waals surface area contributed by atoms with Crippen LogP contribution in [-0.4, -0.2) is 49.4 Å². The Bertz CT molecular complexity index is 560. The zero-order valence-corrected chi connectivity index (χ0v) is 14.4. The summed E-state index contributed by atoms with van der Waals surface area (Å²) in [5, 5.41) is 6.28. The zero-order chi connectivity index (χ0) is 16.7. The number of rotatable bonds is 7. The molecule has 0 aromatic heterocycles. The summed E-state index contributed by atoms with van der Waals surface area (Å²) in [5.74, 6) is -0.398. The maximum atomic E-state index is 11.8. The van der Waals surface area contributed by atoms with E-state index >= 15 is 0 Å². The van der Waals surface area contributed by atoms with Crippen molar-refractivity contribution < 1.29 is 9.59 Å². The highest BCUT2D eigenvalue weighted by Gasteiger charge is 2.11. The Kier molecular flexibility index (Phi) is 7.15. The molecule has 1 heterocycles. The number of nitrogens with zero attached hydrogens (tertiary/aromatic N) is 1.